The summed E-state index contributed by atoms with van der Waals surface area (Å²) in [5, 5.41) is 12.9. The highest BCUT2D eigenvalue weighted by molar-refractivity contribution is 5.94. The van der Waals surface area contributed by atoms with E-state index in [0.29, 0.717) is 16.8 Å². The van der Waals surface area contributed by atoms with Crippen LogP contribution in [0.3, 0.4) is 0 Å². The molecule has 0 saturated carbocycles. The molecule has 22 heavy (non-hydrogen) atoms. The molecule has 0 aliphatic heterocycles. The van der Waals surface area contributed by atoms with E-state index >= 15 is 0 Å². The first-order valence-electron chi connectivity index (χ1n) is 6.49. The lowest BCUT2D eigenvalue weighted by molar-refractivity contribution is 0.0472. The lowest BCUT2D eigenvalue weighted by atomic mass is 10.2. The molecule has 0 fully saturated rings. The van der Waals surface area contributed by atoms with E-state index in [4.69, 9.17) is 15.0 Å². The van der Waals surface area contributed by atoms with Crippen molar-refractivity contribution in [2.75, 3.05) is 5.73 Å². The van der Waals surface area contributed by atoms with Crippen LogP contribution in [0, 0.1) is 18.3 Å². The van der Waals surface area contributed by atoms with Crippen molar-refractivity contribution in [3.63, 3.8) is 0 Å². The number of nitriles is 1. The third-order valence-corrected chi connectivity index (χ3v) is 3.33. The van der Waals surface area contributed by atoms with Crippen LogP contribution in [0.15, 0.2) is 35.1 Å². The molecule has 0 spiro atoms. The van der Waals surface area contributed by atoms with Crippen molar-refractivity contribution in [2.24, 2.45) is 0 Å². The van der Waals surface area contributed by atoms with E-state index in [1.807, 2.05) is 24.4 Å². The Morgan fingerprint density at radius 3 is 3.05 bits per heavy atom. The maximum Gasteiger partial charge on any atom is 0.346 e. The number of carbonyl (C=O) groups is 1. The van der Waals surface area contributed by atoms with E-state index in [1.54, 1.807) is 17.5 Å². The van der Waals surface area contributed by atoms with Crippen LogP contribution in [0.4, 0.5) is 5.88 Å². The van der Waals surface area contributed by atoms with Gasteiger partial charge in [0.15, 0.2) is 0 Å². The molecule has 2 N–H and O–H groups in total. The highest BCUT2D eigenvalue weighted by atomic mass is 16.5. The Morgan fingerprint density at radius 2 is 2.36 bits per heavy atom. The maximum absolute atomic E-state index is 12.0. The zero-order chi connectivity index (χ0) is 15.7. The van der Waals surface area contributed by atoms with Gasteiger partial charge in [0.1, 0.15) is 18.2 Å². The van der Waals surface area contributed by atoms with Crippen molar-refractivity contribution >= 4 is 17.4 Å². The predicted octanol–water partition coefficient (Wildman–Crippen LogP) is 2.05. The van der Waals surface area contributed by atoms with E-state index < -0.39 is 5.97 Å². The van der Waals surface area contributed by atoms with Gasteiger partial charge in [-0.05, 0) is 19.1 Å². The van der Waals surface area contributed by atoms with E-state index in [1.165, 1.54) is 0 Å². The number of aromatic nitrogens is 2. The Bertz CT molecular complexity index is 882. The van der Waals surface area contributed by atoms with Gasteiger partial charge in [0.05, 0.1) is 16.8 Å². The molecule has 0 aromatic carbocycles. The monoisotopic (exact) mass is 296 g/mol. The minimum Gasteiger partial charge on any atom is -0.457 e. The molecule has 0 bridgehead atoms. The lowest BCUT2D eigenvalue weighted by Crippen LogP contribution is -2.08. The fourth-order valence-corrected chi connectivity index (χ4v) is 2.27. The van der Waals surface area contributed by atoms with Crippen molar-refractivity contribution in [2.45, 2.75) is 13.5 Å². The summed E-state index contributed by atoms with van der Waals surface area (Å²) in [6.07, 6.45) is 3.58. The minimum absolute atomic E-state index is 0.0343. The van der Waals surface area contributed by atoms with Crippen LogP contribution >= 0.6 is 0 Å². The Labute approximate surface area is 125 Å². The number of esters is 1. The number of nitrogens with two attached hydrogens (primary N) is 1. The molecule has 7 nitrogen and oxygen atoms in total. The summed E-state index contributed by atoms with van der Waals surface area (Å²) in [5.41, 5.74) is 7.88. The van der Waals surface area contributed by atoms with Crippen LogP contribution in [0.5, 0.6) is 0 Å². The number of fused-ring (bicyclic) bond motifs is 1. The summed E-state index contributed by atoms with van der Waals surface area (Å²) in [5.74, 6) is -0.708. The molecule has 3 heterocycles. The van der Waals surface area contributed by atoms with Gasteiger partial charge in [-0.3, -0.25) is 0 Å². The Balaban J connectivity index is 1.86. The first kappa shape index (κ1) is 13.7. The number of nitrogens with zero attached hydrogens (tertiary/aromatic N) is 3. The molecule has 0 amide bonds. The first-order valence-corrected chi connectivity index (χ1v) is 6.49. The second-order valence-corrected chi connectivity index (χ2v) is 4.72. The van der Waals surface area contributed by atoms with Crippen LogP contribution in [0.25, 0.3) is 5.52 Å². The summed E-state index contributed by atoms with van der Waals surface area (Å²) in [7, 11) is 0. The fourth-order valence-electron chi connectivity index (χ4n) is 2.27. The molecule has 0 atom stereocenters. The number of aryl methyl sites for hydroxylation is 1. The van der Waals surface area contributed by atoms with Gasteiger partial charge in [-0.25, -0.2) is 4.79 Å². The van der Waals surface area contributed by atoms with Crippen molar-refractivity contribution in [1.82, 2.24) is 9.56 Å². The van der Waals surface area contributed by atoms with Gasteiger partial charge in [-0.15, -0.1) is 0 Å². The van der Waals surface area contributed by atoms with Gasteiger partial charge in [0.2, 0.25) is 5.88 Å². The summed E-state index contributed by atoms with van der Waals surface area (Å²) in [6, 6.07) is 7.65. The van der Waals surface area contributed by atoms with Gasteiger partial charge >= 0.3 is 5.97 Å². The average molecular weight is 296 g/mol. The van der Waals surface area contributed by atoms with Crippen LogP contribution in [0.1, 0.15) is 27.2 Å². The molecular weight excluding hydrogens is 284 g/mol. The van der Waals surface area contributed by atoms with Crippen molar-refractivity contribution in [1.29, 1.82) is 5.26 Å². The van der Waals surface area contributed by atoms with Crippen LogP contribution in [-0.2, 0) is 11.3 Å². The number of hydrogen-bond donors (Lipinski definition) is 1. The van der Waals surface area contributed by atoms with E-state index in [9.17, 15) is 10.1 Å². The number of hydrogen-bond acceptors (Lipinski definition) is 6. The van der Waals surface area contributed by atoms with Gasteiger partial charge in [0, 0.05) is 18.0 Å². The maximum atomic E-state index is 12.0. The Hall–Kier alpha value is -3.27. The number of nitrogen functional groups attached to an aromatic ring is 1. The number of carbonyl (C=O) groups excluding carboxylic acids is 1. The first-order chi connectivity index (χ1) is 10.6. The smallest absolute Gasteiger partial charge is 0.346 e. The number of ether oxygens (including phenoxy) is 1. The molecule has 3 rings (SSSR count). The second kappa shape index (κ2) is 5.26. The summed E-state index contributed by atoms with van der Waals surface area (Å²) in [4.78, 5) is 12.0. The van der Waals surface area contributed by atoms with E-state index in [0.717, 1.165) is 5.52 Å². The molecule has 0 unspecified atom stereocenters. The van der Waals surface area contributed by atoms with Gasteiger partial charge in [-0.1, -0.05) is 11.2 Å². The third-order valence-electron chi connectivity index (χ3n) is 3.33. The molecule has 3 aromatic rings. The molecule has 0 radical (unpaired) electrons. The van der Waals surface area contributed by atoms with E-state index in [2.05, 4.69) is 11.2 Å². The predicted molar refractivity (Wildman–Crippen MR) is 76.9 cm³/mol. The van der Waals surface area contributed by atoms with Gasteiger partial charge in [0.25, 0.3) is 0 Å². The highest BCUT2D eigenvalue weighted by Crippen LogP contribution is 2.21. The van der Waals surface area contributed by atoms with Crippen molar-refractivity contribution < 1.29 is 14.1 Å². The minimum atomic E-state index is -0.629. The van der Waals surface area contributed by atoms with Crippen LogP contribution < -0.4 is 5.73 Å². The van der Waals surface area contributed by atoms with Gasteiger partial charge in [-0.2, -0.15) is 5.26 Å². The molecule has 0 aliphatic carbocycles. The molecular formula is C15H12N4O3. The summed E-state index contributed by atoms with van der Waals surface area (Å²) in [6.45, 7) is 1.57. The van der Waals surface area contributed by atoms with Gasteiger partial charge < -0.3 is 19.4 Å². The van der Waals surface area contributed by atoms with Crippen LogP contribution in [0.2, 0.25) is 0 Å². The average Bonchev–Trinajstić information content (AvgIpc) is 3.04. The topological polar surface area (TPSA) is 107 Å². The summed E-state index contributed by atoms with van der Waals surface area (Å²) < 4.78 is 11.8. The molecule has 7 heteroatoms. The summed E-state index contributed by atoms with van der Waals surface area (Å²) >= 11 is 0. The number of pyridine rings is 1. The SMILES string of the molecule is Cc1noc(N)c1C(=O)OCc1cn2ccccc2c1C#N. The van der Waals surface area contributed by atoms with Crippen LogP contribution in [-0.4, -0.2) is 15.5 Å². The Morgan fingerprint density at radius 1 is 1.55 bits per heavy atom. The molecule has 0 aliphatic rings. The number of anilines is 1. The quantitative estimate of drug-likeness (QED) is 0.741. The van der Waals surface area contributed by atoms with E-state index in [-0.39, 0.29) is 18.1 Å². The zero-order valence-electron chi connectivity index (χ0n) is 11.7. The normalized spacial score (nSPS) is 10.5. The molecule has 110 valence electrons. The largest absolute Gasteiger partial charge is 0.457 e. The molecule has 3 aromatic heterocycles. The third kappa shape index (κ3) is 2.16. The standard InChI is InChI=1S/C15H12N4O3/c1-9-13(14(17)22-18-9)15(20)21-8-10-7-19-5-3-2-4-12(19)11(10)6-16/h2-5,7H,8,17H2,1H3. The Kier molecular flexibility index (Phi) is 3.27. The fraction of sp³-hybridized carbons (Fsp3) is 0.133. The second-order valence-electron chi connectivity index (χ2n) is 4.72. The lowest BCUT2D eigenvalue weighted by Gasteiger charge is -2.02. The zero-order valence-corrected chi connectivity index (χ0v) is 11.7. The molecule has 0 saturated heterocycles. The van der Waals surface area contributed by atoms with Crippen molar-refractivity contribution in [3.8, 4) is 6.07 Å². The van der Waals surface area contributed by atoms with Crippen molar-refractivity contribution in [3.05, 3.63) is 53.0 Å². The highest BCUT2D eigenvalue weighted by Gasteiger charge is 2.21. The number of rotatable bonds is 3.